The SMILES string of the molecule is Fc1cccc(F)c1C1Nc2ccccc2-c2ncnn3ccc1c23. The Morgan fingerprint density at radius 3 is 2.60 bits per heavy atom. The van der Waals surface area contributed by atoms with E-state index in [2.05, 4.69) is 15.4 Å². The Morgan fingerprint density at radius 1 is 0.960 bits per heavy atom. The molecule has 1 aliphatic heterocycles. The summed E-state index contributed by atoms with van der Waals surface area (Å²) in [5.41, 5.74) is 3.84. The molecule has 6 heteroatoms. The number of fused-ring (bicyclic) bond motifs is 2. The van der Waals surface area contributed by atoms with E-state index in [1.54, 1.807) is 10.7 Å². The minimum atomic E-state index is -0.681. The highest BCUT2D eigenvalue weighted by atomic mass is 19.1. The van der Waals surface area contributed by atoms with Gasteiger partial charge in [0.2, 0.25) is 0 Å². The van der Waals surface area contributed by atoms with Crippen molar-refractivity contribution in [1.82, 2.24) is 14.6 Å². The van der Waals surface area contributed by atoms with E-state index < -0.39 is 17.7 Å². The number of benzene rings is 2. The normalized spacial score (nSPS) is 15.5. The van der Waals surface area contributed by atoms with Crippen LogP contribution >= 0.6 is 0 Å². The van der Waals surface area contributed by atoms with Crippen LogP contribution in [0.4, 0.5) is 14.5 Å². The molecule has 1 atom stereocenters. The number of hydrogen-bond donors (Lipinski definition) is 1. The molecular formula is C19H12F2N4. The highest BCUT2D eigenvalue weighted by Crippen LogP contribution is 2.42. The van der Waals surface area contributed by atoms with Gasteiger partial charge in [0.05, 0.1) is 17.1 Å². The average molecular weight is 334 g/mol. The van der Waals surface area contributed by atoms with Gasteiger partial charge in [-0.2, -0.15) is 5.10 Å². The second kappa shape index (κ2) is 5.11. The van der Waals surface area contributed by atoms with E-state index in [1.807, 2.05) is 30.3 Å². The van der Waals surface area contributed by atoms with Crippen LogP contribution < -0.4 is 5.32 Å². The van der Waals surface area contributed by atoms with Crippen LogP contribution in [0.5, 0.6) is 0 Å². The fourth-order valence-electron chi connectivity index (χ4n) is 3.47. The molecule has 0 radical (unpaired) electrons. The molecule has 2 aromatic carbocycles. The van der Waals surface area contributed by atoms with Crippen LogP contribution in [-0.2, 0) is 0 Å². The third-order valence-electron chi connectivity index (χ3n) is 4.57. The van der Waals surface area contributed by atoms with E-state index in [1.165, 1.54) is 24.5 Å². The van der Waals surface area contributed by atoms with Gasteiger partial charge in [0.15, 0.2) is 0 Å². The number of nitrogens with one attached hydrogen (secondary N) is 1. The lowest BCUT2D eigenvalue weighted by molar-refractivity contribution is 0.550. The number of nitrogens with zero attached hydrogens (tertiary/aromatic N) is 3. The summed E-state index contributed by atoms with van der Waals surface area (Å²) in [6.07, 6.45) is 3.25. The number of para-hydroxylation sites is 1. The molecule has 0 bridgehead atoms. The van der Waals surface area contributed by atoms with E-state index in [0.29, 0.717) is 0 Å². The monoisotopic (exact) mass is 334 g/mol. The third kappa shape index (κ3) is 1.97. The van der Waals surface area contributed by atoms with Gasteiger partial charge in [-0.3, -0.25) is 0 Å². The summed E-state index contributed by atoms with van der Waals surface area (Å²) in [6, 6.07) is 12.6. The Morgan fingerprint density at radius 2 is 1.76 bits per heavy atom. The van der Waals surface area contributed by atoms with Crippen molar-refractivity contribution in [2.75, 3.05) is 5.32 Å². The second-order valence-electron chi connectivity index (χ2n) is 5.93. The molecule has 25 heavy (non-hydrogen) atoms. The highest BCUT2D eigenvalue weighted by molar-refractivity contribution is 5.89. The smallest absolute Gasteiger partial charge is 0.137 e. The molecule has 4 nitrogen and oxygen atoms in total. The molecular weight excluding hydrogens is 322 g/mol. The Labute approximate surface area is 141 Å². The summed E-state index contributed by atoms with van der Waals surface area (Å²) in [7, 11) is 0. The van der Waals surface area contributed by atoms with Crippen molar-refractivity contribution >= 4 is 11.2 Å². The summed E-state index contributed by atoms with van der Waals surface area (Å²) in [4.78, 5) is 4.42. The Balaban J connectivity index is 1.88. The van der Waals surface area contributed by atoms with E-state index in [9.17, 15) is 8.78 Å². The van der Waals surface area contributed by atoms with Gasteiger partial charge in [-0.25, -0.2) is 18.3 Å². The predicted molar refractivity (Wildman–Crippen MR) is 90.2 cm³/mol. The van der Waals surface area contributed by atoms with Crippen molar-refractivity contribution in [3.63, 3.8) is 0 Å². The lowest BCUT2D eigenvalue weighted by Gasteiger charge is -2.20. The van der Waals surface area contributed by atoms with Gasteiger partial charge in [-0.05, 0) is 24.3 Å². The lowest BCUT2D eigenvalue weighted by Crippen LogP contribution is -2.15. The first-order valence-electron chi connectivity index (χ1n) is 7.86. The van der Waals surface area contributed by atoms with Gasteiger partial charge in [-0.1, -0.05) is 24.3 Å². The summed E-state index contributed by atoms with van der Waals surface area (Å²) in [5, 5.41) is 7.51. The average Bonchev–Trinajstić information content (AvgIpc) is 2.99. The molecule has 1 unspecified atom stereocenters. The zero-order valence-electron chi connectivity index (χ0n) is 12.9. The molecule has 2 aromatic heterocycles. The predicted octanol–water partition coefficient (Wildman–Crippen LogP) is 4.19. The topological polar surface area (TPSA) is 42.2 Å². The van der Waals surface area contributed by atoms with Gasteiger partial charge >= 0.3 is 0 Å². The molecule has 0 aliphatic carbocycles. The molecule has 0 fully saturated rings. The molecule has 0 saturated heterocycles. The minimum Gasteiger partial charge on any atom is -0.373 e. The van der Waals surface area contributed by atoms with Gasteiger partial charge in [0, 0.05) is 23.0 Å². The summed E-state index contributed by atoms with van der Waals surface area (Å²) in [6.45, 7) is 0. The van der Waals surface area contributed by atoms with Crippen LogP contribution in [0.25, 0.3) is 16.8 Å². The molecule has 1 N–H and O–H groups in total. The van der Waals surface area contributed by atoms with E-state index in [4.69, 9.17) is 0 Å². The van der Waals surface area contributed by atoms with E-state index >= 15 is 0 Å². The molecule has 0 amide bonds. The molecule has 0 saturated carbocycles. The molecule has 122 valence electrons. The maximum Gasteiger partial charge on any atom is 0.137 e. The van der Waals surface area contributed by atoms with Crippen LogP contribution in [0.15, 0.2) is 61.1 Å². The zero-order chi connectivity index (χ0) is 17.0. The van der Waals surface area contributed by atoms with Crippen LogP contribution in [0.1, 0.15) is 17.2 Å². The van der Waals surface area contributed by atoms with Crippen LogP contribution in [0.3, 0.4) is 0 Å². The number of halogens is 2. The number of aromatic nitrogens is 3. The third-order valence-corrected chi connectivity index (χ3v) is 4.57. The van der Waals surface area contributed by atoms with Gasteiger partial charge < -0.3 is 5.32 Å². The Bertz CT molecular complexity index is 1100. The summed E-state index contributed by atoms with van der Waals surface area (Å²) in [5.74, 6) is -1.18. The fourth-order valence-corrected chi connectivity index (χ4v) is 3.47. The van der Waals surface area contributed by atoms with Crippen molar-refractivity contribution in [3.8, 4) is 11.3 Å². The number of rotatable bonds is 1. The zero-order valence-corrected chi connectivity index (χ0v) is 12.9. The summed E-state index contributed by atoms with van der Waals surface area (Å²) >= 11 is 0. The van der Waals surface area contributed by atoms with Gasteiger partial charge in [-0.15, -0.1) is 0 Å². The van der Waals surface area contributed by atoms with Crippen LogP contribution in [0.2, 0.25) is 0 Å². The standard InChI is InChI=1S/C19H12F2N4/c20-13-5-3-6-14(21)16(13)17-12-8-9-25-19(12)18(22-10-23-25)11-4-1-2-7-15(11)24-17/h1-10,17,24H. The van der Waals surface area contributed by atoms with Crippen molar-refractivity contribution in [3.05, 3.63) is 83.8 Å². The molecule has 0 spiro atoms. The van der Waals surface area contributed by atoms with Crippen molar-refractivity contribution < 1.29 is 8.78 Å². The summed E-state index contributed by atoms with van der Waals surface area (Å²) < 4.78 is 30.7. The van der Waals surface area contributed by atoms with Crippen molar-refractivity contribution in [1.29, 1.82) is 0 Å². The molecule has 4 aromatic rings. The quantitative estimate of drug-likeness (QED) is 0.567. The van der Waals surface area contributed by atoms with Crippen molar-refractivity contribution in [2.24, 2.45) is 0 Å². The minimum absolute atomic E-state index is 0.0119. The first-order valence-corrected chi connectivity index (χ1v) is 7.86. The van der Waals surface area contributed by atoms with Crippen LogP contribution in [0, 0.1) is 11.6 Å². The van der Waals surface area contributed by atoms with Gasteiger partial charge in [0.25, 0.3) is 0 Å². The molecule has 5 rings (SSSR count). The number of anilines is 1. The fraction of sp³-hybridized carbons (Fsp3) is 0.0526. The second-order valence-corrected chi connectivity index (χ2v) is 5.93. The largest absolute Gasteiger partial charge is 0.373 e. The lowest BCUT2D eigenvalue weighted by atomic mass is 9.98. The van der Waals surface area contributed by atoms with Crippen molar-refractivity contribution in [2.45, 2.75) is 6.04 Å². The van der Waals surface area contributed by atoms with E-state index in [-0.39, 0.29) is 5.56 Å². The molecule has 1 aliphatic rings. The van der Waals surface area contributed by atoms with Gasteiger partial charge in [0.1, 0.15) is 23.7 Å². The highest BCUT2D eigenvalue weighted by Gasteiger charge is 2.29. The van der Waals surface area contributed by atoms with E-state index in [0.717, 1.165) is 28.0 Å². The first-order chi connectivity index (χ1) is 12.2. The van der Waals surface area contributed by atoms with Crippen LogP contribution in [-0.4, -0.2) is 14.6 Å². The Hall–Kier alpha value is -3.28. The maximum atomic E-state index is 14.5. The first kappa shape index (κ1) is 14.1. The maximum absolute atomic E-state index is 14.5. The Kier molecular flexibility index (Phi) is 2.88. The number of hydrogen-bond acceptors (Lipinski definition) is 3. The molecule has 3 heterocycles.